The zero-order chi connectivity index (χ0) is 21.9. The topological polar surface area (TPSA) is 35.5 Å². The molecule has 0 radical (unpaired) electrons. The van der Waals surface area contributed by atoms with Gasteiger partial charge in [0.05, 0.1) is 12.7 Å². The van der Waals surface area contributed by atoms with Crippen LogP contribution in [-0.2, 0) is 6.42 Å². The molecular formula is C28H32O3. The number of aryl methyl sites for hydroxylation is 1. The number of carbonyl (C=O) groups is 1. The molecule has 0 bridgehead atoms. The van der Waals surface area contributed by atoms with Crippen LogP contribution in [0.25, 0.3) is 11.1 Å². The predicted molar refractivity (Wildman–Crippen MR) is 127 cm³/mol. The first-order chi connectivity index (χ1) is 15.2. The van der Waals surface area contributed by atoms with E-state index in [1.165, 1.54) is 44.1 Å². The van der Waals surface area contributed by atoms with Gasteiger partial charge < -0.3 is 9.47 Å². The molecule has 3 aromatic rings. The first-order valence-electron chi connectivity index (χ1n) is 11.2. The zero-order valence-electron chi connectivity index (χ0n) is 18.6. The number of hydrogen-bond acceptors (Lipinski definition) is 3. The third-order valence-corrected chi connectivity index (χ3v) is 5.50. The summed E-state index contributed by atoms with van der Waals surface area (Å²) in [4.78, 5) is 12.5. The van der Waals surface area contributed by atoms with Crippen molar-refractivity contribution in [2.75, 3.05) is 7.11 Å². The maximum atomic E-state index is 12.5. The molecule has 0 heterocycles. The summed E-state index contributed by atoms with van der Waals surface area (Å²) in [5, 5.41) is 0. The van der Waals surface area contributed by atoms with Crippen LogP contribution in [0.5, 0.6) is 11.5 Å². The number of hydrogen-bond donors (Lipinski definition) is 0. The van der Waals surface area contributed by atoms with Crippen molar-refractivity contribution in [3.8, 4) is 22.6 Å². The number of carbonyl (C=O) groups excluding carboxylic acids is 1. The summed E-state index contributed by atoms with van der Waals surface area (Å²) in [5.41, 5.74) is 3.94. The molecule has 3 rings (SSSR count). The van der Waals surface area contributed by atoms with Gasteiger partial charge in [0.25, 0.3) is 0 Å². The van der Waals surface area contributed by atoms with Crippen molar-refractivity contribution in [2.24, 2.45) is 0 Å². The molecule has 0 aromatic heterocycles. The Morgan fingerprint density at radius 3 is 1.84 bits per heavy atom. The highest BCUT2D eigenvalue weighted by molar-refractivity contribution is 5.91. The first kappa shape index (κ1) is 22.6. The number of ether oxygens (including phenoxy) is 2. The molecule has 0 aliphatic carbocycles. The van der Waals surface area contributed by atoms with Crippen LogP contribution in [0, 0.1) is 0 Å². The Labute approximate surface area is 186 Å². The van der Waals surface area contributed by atoms with Crippen molar-refractivity contribution in [3.63, 3.8) is 0 Å². The van der Waals surface area contributed by atoms with Gasteiger partial charge in [-0.15, -0.1) is 0 Å². The summed E-state index contributed by atoms with van der Waals surface area (Å²) in [6, 6.07) is 23.2. The average Bonchev–Trinajstić information content (AvgIpc) is 2.82. The van der Waals surface area contributed by atoms with Gasteiger partial charge in [-0.05, 0) is 65.9 Å². The van der Waals surface area contributed by atoms with Crippen LogP contribution in [0.15, 0.2) is 72.8 Å². The van der Waals surface area contributed by atoms with Crippen molar-refractivity contribution in [3.05, 3.63) is 83.9 Å². The summed E-state index contributed by atoms with van der Waals surface area (Å²) in [6.45, 7) is 2.24. The number of esters is 1. The van der Waals surface area contributed by atoms with Gasteiger partial charge in [-0.1, -0.05) is 75.4 Å². The van der Waals surface area contributed by atoms with Crippen LogP contribution in [0.4, 0.5) is 0 Å². The Morgan fingerprint density at radius 2 is 1.23 bits per heavy atom. The minimum Gasteiger partial charge on any atom is -0.497 e. The van der Waals surface area contributed by atoms with Gasteiger partial charge in [0.2, 0.25) is 0 Å². The number of unbranched alkanes of at least 4 members (excludes halogenated alkanes) is 5. The largest absolute Gasteiger partial charge is 0.497 e. The van der Waals surface area contributed by atoms with E-state index in [9.17, 15) is 4.79 Å². The summed E-state index contributed by atoms with van der Waals surface area (Å²) in [7, 11) is 1.65. The molecule has 162 valence electrons. The monoisotopic (exact) mass is 416 g/mol. The van der Waals surface area contributed by atoms with Crippen molar-refractivity contribution in [1.82, 2.24) is 0 Å². The van der Waals surface area contributed by atoms with E-state index in [4.69, 9.17) is 9.47 Å². The third kappa shape index (κ3) is 6.99. The number of benzene rings is 3. The van der Waals surface area contributed by atoms with Gasteiger partial charge >= 0.3 is 5.97 Å². The Morgan fingerprint density at radius 1 is 0.677 bits per heavy atom. The second kappa shape index (κ2) is 11.9. The SMILES string of the molecule is CCCCCCCCc1ccc(OC(=O)c2ccc(-c3ccc(OC)cc3)cc2)cc1. The summed E-state index contributed by atoms with van der Waals surface area (Å²) in [6.07, 6.45) is 8.85. The maximum Gasteiger partial charge on any atom is 0.343 e. The van der Waals surface area contributed by atoms with E-state index in [1.807, 2.05) is 48.5 Å². The molecule has 3 aromatic carbocycles. The molecule has 0 saturated heterocycles. The molecule has 0 spiro atoms. The molecule has 31 heavy (non-hydrogen) atoms. The first-order valence-corrected chi connectivity index (χ1v) is 11.2. The molecular weight excluding hydrogens is 384 g/mol. The Balaban J connectivity index is 1.50. The fraction of sp³-hybridized carbons (Fsp3) is 0.321. The lowest BCUT2D eigenvalue weighted by Gasteiger charge is -2.08. The highest BCUT2D eigenvalue weighted by Crippen LogP contribution is 2.23. The molecule has 0 aliphatic heterocycles. The molecule has 0 aliphatic rings. The summed E-state index contributed by atoms with van der Waals surface area (Å²) >= 11 is 0. The molecule has 0 fully saturated rings. The lowest BCUT2D eigenvalue weighted by molar-refractivity contribution is 0.0734. The van der Waals surface area contributed by atoms with Gasteiger partial charge in [0.15, 0.2) is 0 Å². The quantitative estimate of drug-likeness (QED) is 0.185. The molecule has 0 amide bonds. The van der Waals surface area contributed by atoms with Gasteiger partial charge in [-0.2, -0.15) is 0 Å². The van der Waals surface area contributed by atoms with E-state index in [0.717, 1.165) is 23.3 Å². The lowest BCUT2D eigenvalue weighted by atomic mass is 10.0. The smallest absolute Gasteiger partial charge is 0.343 e. The molecule has 0 saturated carbocycles. The van der Waals surface area contributed by atoms with Crippen LogP contribution in [0.1, 0.15) is 61.4 Å². The Kier molecular flexibility index (Phi) is 8.71. The van der Waals surface area contributed by atoms with Crippen LogP contribution in [0.3, 0.4) is 0 Å². The van der Waals surface area contributed by atoms with Gasteiger partial charge in [0.1, 0.15) is 11.5 Å². The fourth-order valence-corrected chi connectivity index (χ4v) is 3.58. The van der Waals surface area contributed by atoms with Gasteiger partial charge in [-0.25, -0.2) is 4.79 Å². The van der Waals surface area contributed by atoms with E-state index >= 15 is 0 Å². The Bertz CT molecular complexity index is 926. The van der Waals surface area contributed by atoms with Gasteiger partial charge in [0, 0.05) is 0 Å². The number of rotatable bonds is 11. The predicted octanol–water partition coefficient (Wildman–Crippen LogP) is 7.48. The van der Waals surface area contributed by atoms with Crippen LogP contribution < -0.4 is 9.47 Å². The van der Waals surface area contributed by atoms with E-state index in [-0.39, 0.29) is 5.97 Å². The van der Waals surface area contributed by atoms with Crippen LogP contribution >= 0.6 is 0 Å². The minimum atomic E-state index is -0.343. The van der Waals surface area contributed by atoms with Crippen LogP contribution in [-0.4, -0.2) is 13.1 Å². The summed E-state index contributed by atoms with van der Waals surface area (Å²) in [5.74, 6) is 1.06. The van der Waals surface area contributed by atoms with E-state index in [0.29, 0.717) is 11.3 Å². The van der Waals surface area contributed by atoms with E-state index in [1.54, 1.807) is 19.2 Å². The lowest BCUT2D eigenvalue weighted by Crippen LogP contribution is -2.08. The molecule has 0 atom stereocenters. The average molecular weight is 417 g/mol. The fourth-order valence-electron chi connectivity index (χ4n) is 3.58. The second-order valence-corrected chi connectivity index (χ2v) is 7.86. The maximum absolute atomic E-state index is 12.5. The zero-order valence-corrected chi connectivity index (χ0v) is 18.6. The highest BCUT2D eigenvalue weighted by atomic mass is 16.5. The molecule has 0 unspecified atom stereocenters. The highest BCUT2D eigenvalue weighted by Gasteiger charge is 2.09. The van der Waals surface area contributed by atoms with Crippen LogP contribution in [0.2, 0.25) is 0 Å². The molecule has 3 nitrogen and oxygen atoms in total. The van der Waals surface area contributed by atoms with E-state index < -0.39 is 0 Å². The second-order valence-electron chi connectivity index (χ2n) is 7.86. The van der Waals surface area contributed by atoms with Crippen molar-refractivity contribution >= 4 is 5.97 Å². The van der Waals surface area contributed by atoms with Crippen molar-refractivity contribution in [2.45, 2.75) is 51.9 Å². The summed E-state index contributed by atoms with van der Waals surface area (Å²) < 4.78 is 10.7. The molecule has 3 heteroatoms. The van der Waals surface area contributed by atoms with Crippen molar-refractivity contribution < 1.29 is 14.3 Å². The van der Waals surface area contributed by atoms with Crippen molar-refractivity contribution in [1.29, 1.82) is 0 Å². The standard InChI is InChI=1S/C28H32O3/c1-3-4-5-6-7-8-9-22-10-18-27(19-11-22)31-28(29)25-14-12-23(13-15-25)24-16-20-26(30-2)21-17-24/h10-21H,3-9H2,1-2H3. The Hall–Kier alpha value is -3.07. The third-order valence-electron chi connectivity index (χ3n) is 5.50. The normalized spacial score (nSPS) is 10.6. The number of methoxy groups -OCH3 is 1. The van der Waals surface area contributed by atoms with E-state index in [2.05, 4.69) is 19.1 Å². The molecule has 0 N–H and O–H groups in total. The van der Waals surface area contributed by atoms with Gasteiger partial charge in [-0.3, -0.25) is 0 Å². The minimum absolute atomic E-state index is 0.343.